The predicted octanol–water partition coefficient (Wildman–Crippen LogP) is 2.93. The van der Waals surface area contributed by atoms with E-state index in [-0.39, 0.29) is 18.4 Å². The van der Waals surface area contributed by atoms with E-state index < -0.39 is 4.92 Å². The Morgan fingerprint density at radius 2 is 1.84 bits per heavy atom. The van der Waals surface area contributed by atoms with E-state index in [2.05, 4.69) is 0 Å². The third-order valence-electron chi connectivity index (χ3n) is 2.88. The summed E-state index contributed by atoms with van der Waals surface area (Å²) in [6, 6.07) is 2.94. The normalized spacial score (nSPS) is 12.0. The van der Waals surface area contributed by atoms with Crippen LogP contribution in [0.15, 0.2) is 12.1 Å². The van der Waals surface area contributed by atoms with E-state index in [9.17, 15) is 10.1 Å². The molecule has 1 rings (SSSR count). The quantitative estimate of drug-likeness (QED) is 0.562. The van der Waals surface area contributed by atoms with Gasteiger partial charge in [-0.05, 0) is 19.4 Å². The number of hydrogen-bond donors (Lipinski definition) is 0. The molecule has 0 saturated carbocycles. The fourth-order valence-corrected chi connectivity index (χ4v) is 1.55. The van der Waals surface area contributed by atoms with Crippen molar-refractivity contribution in [2.24, 2.45) is 0 Å². The van der Waals surface area contributed by atoms with Gasteiger partial charge in [0, 0.05) is 0 Å². The van der Waals surface area contributed by atoms with Gasteiger partial charge in [-0.1, -0.05) is 6.92 Å². The maximum absolute atomic E-state index is 11.1. The smallest absolute Gasteiger partial charge is 0.278 e. The van der Waals surface area contributed by atoms with Crippen molar-refractivity contribution < 1.29 is 19.1 Å². The average Bonchev–Trinajstić information content (AvgIpc) is 2.43. The van der Waals surface area contributed by atoms with E-state index in [0.717, 1.165) is 6.42 Å². The van der Waals surface area contributed by atoms with Gasteiger partial charge in [0.15, 0.2) is 11.5 Å². The lowest BCUT2D eigenvalue weighted by Gasteiger charge is -2.13. The minimum absolute atomic E-state index is 0.0269. The monoisotopic (exact) mass is 269 g/mol. The largest absolute Gasteiger partial charge is 0.493 e. The summed E-state index contributed by atoms with van der Waals surface area (Å²) in [5.41, 5.74) is 0.448. The zero-order valence-electron chi connectivity index (χ0n) is 11.6. The molecule has 0 spiro atoms. The lowest BCUT2D eigenvalue weighted by Crippen LogP contribution is -2.08. The van der Waals surface area contributed by atoms with Crippen LogP contribution in [0, 0.1) is 10.1 Å². The maximum atomic E-state index is 11.1. The molecule has 19 heavy (non-hydrogen) atoms. The first kappa shape index (κ1) is 15.2. The second kappa shape index (κ2) is 6.94. The molecule has 0 amide bonds. The van der Waals surface area contributed by atoms with E-state index in [1.165, 1.54) is 20.3 Å². The van der Waals surface area contributed by atoms with E-state index in [1.807, 2.05) is 13.8 Å². The van der Waals surface area contributed by atoms with Crippen LogP contribution in [0.3, 0.4) is 0 Å². The first-order valence-electron chi connectivity index (χ1n) is 6.04. The van der Waals surface area contributed by atoms with Crippen molar-refractivity contribution in [3.8, 4) is 11.5 Å². The molecule has 0 saturated heterocycles. The zero-order valence-corrected chi connectivity index (χ0v) is 11.6. The molecule has 6 nitrogen and oxygen atoms in total. The van der Waals surface area contributed by atoms with Crippen molar-refractivity contribution in [2.75, 3.05) is 14.2 Å². The Morgan fingerprint density at radius 3 is 2.32 bits per heavy atom. The Bertz CT molecular complexity index is 447. The summed E-state index contributed by atoms with van der Waals surface area (Å²) in [6.45, 7) is 4.09. The van der Waals surface area contributed by atoms with Crippen LogP contribution in [-0.2, 0) is 11.3 Å². The van der Waals surface area contributed by atoms with Gasteiger partial charge in [0.1, 0.15) is 0 Å². The maximum Gasteiger partial charge on any atom is 0.278 e. The molecule has 1 atom stereocenters. The number of nitro groups is 1. The number of methoxy groups -OCH3 is 2. The van der Waals surface area contributed by atoms with Crippen LogP contribution in [0.25, 0.3) is 0 Å². The molecule has 6 heteroatoms. The standard InChI is InChI=1S/C13H19NO5/c1-5-9(2)19-8-10-6-12(17-3)13(18-4)7-11(10)14(15)16/h6-7,9H,5,8H2,1-4H3. The molecule has 0 aliphatic rings. The molecule has 1 aromatic carbocycles. The van der Waals surface area contributed by atoms with Crippen LogP contribution >= 0.6 is 0 Å². The second-order valence-electron chi connectivity index (χ2n) is 4.12. The van der Waals surface area contributed by atoms with Crippen LogP contribution < -0.4 is 9.47 Å². The van der Waals surface area contributed by atoms with Crippen molar-refractivity contribution in [1.29, 1.82) is 0 Å². The summed E-state index contributed by atoms with van der Waals surface area (Å²) < 4.78 is 15.7. The van der Waals surface area contributed by atoms with Gasteiger partial charge in [-0.3, -0.25) is 10.1 Å². The van der Waals surface area contributed by atoms with Crippen LogP contribution in [0.4, 0.5) is 5.69 Å². The molecule has 0 fully saturated rings. The van der Waals surface area contributed by atoms with Crippen molar-refractivity contribution >= 4 is 5.69 Å². The third-order valence-corrected chi connectivity index (χ3v) is 2.88. The summed E-state index contributed by atoms with van der Waals surface area (Å²) in [7, 11) is 2.93. The van der Waals surface area contributed by atoms with Crippen molar-refractivity contribution in [3.63, 3.8) is 0 Å². The molecule has 0 radical (unpaired) electrons. The molecule has 0 aromatic heterocycles. The summed E-state index contributed by atoms with van der Waals surface area (Å²) in [5.74, 6) is 0.789. The highest BCUT2D eigenvalue weighted by molar-refractivity contribution is 5.54. The molecule has 0 heterocycles. The first-order chi connectivity index (χ1) is 9.03. The average molecular weight is 269 g/mol. The van der Waals surface area contributed by atoms with E-state index >= 15 is 0 Å². The van der Waals surface area contributed by atoms with Crippen molar-refractivity contribution in [3.05, 3.63) is 27.8 Å². The molecule has 0 bridgehead atoms. The minimum atomic E-state index is -0.447. The third kappa shape index (κ3) is 3.82. The van der Waals surface area contributed by atoms with Crippen LogP contribution in [0.1, 0.15) is 25.8 Å². The Hall–Kier alpha value is -1.82. The van der Waals surface area contributed by atoms with Crippen molar-refractivity contribution in [1.82, 2.24) is 0 Å². The fraction of sp³-hybridized carbons (Fsp3) is 0.538. The number of nitrogens with zero attached hydrogens (tertiary/aromatic N) is 1. The second-order valence-corrected chi connectivity index (χ2v) is 4.12. The summed E-state index contributed by atoms with van der Waals surface area (Å²) >= 11 is 0. The number of ether oxygens (including phenoxy) is 3. The Kier molecular flexibility index (Phi) is 5.57. The van der Waals surface area contributed by atoms with Crippen LogP contribution in [0.5, 0.6) is 11.5 Å². The summed E-state index contributed by atoms with van der Waals surface area (Å²) in [5, 5.41) is 11.1. The number of nitro benzene ring substituents is 1. The van der Waals surface area contributed by atoms with E-state index in [4.69, 9.17) is 14.2 Å². The Morgan fingerprint density at radius 1 is 1.26 bits per heavy atom. The van der Waals surface area contributed by atoms with E-state index in [1.54, 1.807) is 6.07 Å². The topological polar surface area (TPSA) is 70.8 Å². The van der Waals surface area contributed by atoms with Crippen LogP contribution in [0.2, 0.25) is 0 Å². The minimum Gasteiger partial charge on any atom is -0.493 e. The van der Waals surface area contributed by atoms with Gasteiger partial charge in [0.05, 0.1) is 43.5 Å². The van der Waals surface area contributed by atoms with Gasteiger partial charge in [-0.15, -0.1) is 0 Å². The predicted molar refractivity (Wildman–Crippen MR) is 70.7 cm³/mol. The van der Waals surface area contributed by atoms with Gasteiger partial charge >= 0.3 is 0 Å². The number of benzene rings is 1. The molecule has 0 aliphatic heterocycles. The highest BCUT2D eigenvalue weighted by Gasteiger charge is 2.19. The molecule has 1 aromatic rings. The van der Waals surface area contributed by atoms with Gasteiger partial charge in [-0.25, -0.2) is 0 Å². The molecule has 106 valence electrons. The summed E-state index contributed by atoms with van der Waals surface area (Å²) in [6.07, 6.45) is 0.897. The molecule has 1 unspecified atom stereocenters. The van der Waals surface area contributed by atoms with Crippen LogP contribution in [-0.4, -0.2) is 25.2 Å². The molecule has 0 N–H and O–H groups in total. The van der Waals surface area contributed by atoms with Gasteiger partial charge in [-0.2, -0.15) is 0 Å². The highest BCUT2D eigenvalue weighted by Crippen LogP contribution is 2.34. The van der Waals surface area contributed by atoms with E-state index in [0.29, 0.717) is 17.1 Å². The number of hydrogen-bond acceptors (Lipinski definition) is 5. The van der Waals surface area contributed by atoms with Gasteiger partial charge in [0.2, 0.25) is 0 Å². The molecule has 0 aliphatic carbocycles. The Labute approximate surface area is 112 Å². The van der Waals surface area contributed by atoms with Crippen molar-refractivity contribution in [2.45, 2.75) is 33.0 Å². The SMILES string of the molecule is CCC(C)OCc1cc(OC)c(OC)cc1[N+](=O)[O-]. The lowest BCUT2D eigenvalue weighted by atomic mass is 10.1. The number of rotatable bonds is 7. The van der Waals surface area contributed by atoms with Gasteiger partial charge in [0.25, 0.3) is 5.69 Å². The summed E-state index contributed by atoms with van der Waals surface area (Å²) in [4.78, 5) is 10.6. The zero-order chi connectivity index (χ0) is 14.4. The first-order valence-corrected chi connectivity index (χ1v) is 6.04. The Balaban J connectivity index is 3.09. The highest BCUT2D eigenvalue weighted by atomic mass is 16.6. The molecular weight excluding hydrogens is 250 g/mol. The van der Waals surface area contributed by atoms with Gasteiger partial charge < -0.3 is 14.2 Å². The molecular formula is C13H19NO5. The fourth-order valence-electron chi connectivity index (χ4n) is 1.55. The lowest BCUT2D eigenvalue weighted by molar-refractivity contribution is -0.386.